The third-order valence-electron chi connectivity index (χ3n) is 6.64. The van der Waals surface area contributed by atoms with E-state index in [2.05, 4.69) is 30.6 Å². The van der Waals surface area contributed by atoms with Crippen molar-refractivity contribution >= 4 is 45.0 Å². The molecule has 1 aromatic carbocycles. The summed E-state index contributed by atoms with van der Waals surface area (Å²) in [4.78, 5) is 20.7. The van der Waals surface area contributed by atoms with Crippen molar-refractivity contribution in [2.75, 3.05) is 17.2 Å². The summed E-state index contributed by atoms with van der Waals surface area (Å²) >= 11 is 6.34. The molecule has 1 saturated heterocycles. The van der Waals surface area contributed by atoms with E-state index >= 15 is 0 Å². The largest absolute Gasteiger partial charge is 0.486 e. The Morgan fingerprint density at radius 3 is 2.78 bits per heavy atom. The zero-order valence-electron chi connectivity index (χ0n) is 19.7. The lowest BCUT2D eigenvalue weighted by atomic mass is 9.93. The molecule has 1 saturated carbocycles. The summed E-state index contributed by atoms with van der Waals surface area (Å²) in [5.74, 6) is 1.50. The minimum Gasteiger partial charge on any atom is -0.486 e. The molecule has 37 heavy (non-hydrogen) atoms. The maximum Gasteiger partial charge on any atom is 0.258 e. The fourth-order valence-corrected chi connectivity index (χ4v) is 6.03. The van der Waals surface area contributed by atoms with Crippen LogP contribution in [0.5, 0.6) is 0 Å². The molecule has 1 aliphatic heterocycles. The number of hydrogen-bond acceptors (Lipinski definition) is 8. The van der Waals surface area contributed by atoms with E-state index in [1.54, 1.807) is 0 Å². The Morgan fingerprint density at radius 1 is 1.19 bits per heavy atom. The number of halogens is 1. The Bertz CT molecular complexity index is 1450. The van der Waals surface area contributed by atoms with Crippen LogP contribution < -0.4 is 20.7 Å². The van der Waals surface area contributed by atoms with Crippen molar-refractivity contribution in [3.8, 4) is 0 Å². The molecule has 1 unspecified atom stereocenters. The maximum atomic E-state index is 12.0. The van der Waals surface area contributed by atoms with E-state index in [-0.39, 0.29) is 36.4 Å². The molecule has 1 amide bonds. The zero-order chi connectivity index (χ0) is 25.6. The lowest BCUT2D eigenvalue weighted by Crippen LogP contribution is -2.44. The van der Waals surface area contributed by atoms with Crippen molar-refractivity contribution in [1.29, 1.82) is 0 Å². The summed E-state index contributed by atoms with van der Waals surface area (Å²) in [7, 11) is -3.22. The van der Waals surface area contributed by atoms with Crippen LogP contribution in [0.2, 0.25) is 5.02 Å². The normalized spacial score (nSPS) is 22.5. The number of nitrogens with one attached hydrogen (secondary N) is 4. The second-order valence-corrected chi connectivity index (χ2v) is 11.9. The van der Waals surface area contributed by atoms with E-state index in [1.165, 1.54) is 6.20 Å². The highest BCUT2D eigenvalue weighted by molar-refractivity contribution is 7.90. The smallest absolute Gasteiger partial charge is 0.258 e. The van der Waals surface area contributed by atoms with Crippen LogP contribution in [-0.4, -0.2) is 48.2 Å². The van der Waals surface area contributed by atoms with Gasteiger partial charge in [-0.15, -0.1) is 0 Å². The van der Waals surface area contributed by atoms with E-state index in [1.807, 2.05) is 42.5 Å². The number of carbonyl (C=O) groups is 1. The van der Waals surface area contributed by atoms with Gasteiger partial charge in [0.1, 0.15) is 16.8 Å². The average Bonchev–Trinajstić information content (AvgIpc) is 3.69. The lowest BCUT2D eigenvalue weighted by Gasteiger charge is -2.28. The Morgan fingerprint density at radius 2 is 2.00 bits per heavy atom. The van der Waals surface area contributed by atoms with E-state index in [0.29, 0.717) is 23.2 Å². The Kier molecular flexibility index (Phi) is 6.13. The van der Waals surface area contributed by atoms with Crippen LogP contribution in [0.1, 0.15) is 24.8 Å². The molecular weight excluding hydrogens is 516 g/mol. The first-order valence-corrected chi connectivity index (χ1v) is 13.9. The first kappa shape index (κ1) is 24.0. The van der Waals surface area contributed by atoms with Crippen molar-refractivity contribution in [2.24, 2.45) is 0 Å². The predicted octanol–water partition coefficient (Wildman–Crippen LogP) is 2.90. The maximum absolute atomic E-state index is 12.0. The van der Waals surface area contributed by atoms with Crippen LogP contribution in [0.15, 0.2) is 65.6 Å². The minimum absolute atomic E-state index is 0.0463. The van der Waals surface area contributed by atoms with Gasteiger partial charge in [-0.25, -0.2) is 18.1 Å². The first-order valence-electron chi connectivity index (χ1n) is 12.0. The highest BCUT2D eigenvalue weighted by Gasteiger charge is 2.36. The van der Waals surface area contributed by atoms with E-state index in [9.17, 15) is 13.2 Å². The van der Waals surface area contributed by atoms with Gasteiger partial charge in [-0.05, 0) is 54.2 Å². The monoisotopic (exact) mass is 540 g/mol. The molecule has 2 aromatic rings. The number of morpholine rings is 1. The second kappa shape index (κ2) is 9.47. The topological polar surface area (TPSA) is 134 Å². The summed E-state index contributed by atoms with van der Waals surface area (Å²) in [5.41, 5.74) is 3.76. The van der Waals surface area contributed by atoms with Crippen LogP contribution in [-0.2, 0) is 26.1 Å². The third-order valence-corrected chi connectivity index (χ3v) is 8.81. The molecule has 2 heterocycles. The van der Waals surface area contributed by atoms with Crippen LogP contribution >= 0.6 is 11.6 Å². The number of aromatic nitrogens is 2. The Labute approximate surface area is 219 Å². The number of allylic oxidation sites excluding steroid dienone is 3. The molecule has 0 radical (unpaired) electrons. The number of sulfonamides is 1. The van der Waals surface area contributed by atoms with Crippen molar-refractivity contribution in [2.45, 2.75) is 43.1 Å². The molecule has 6 rings (SSSR count). The zero-order valence-corrected chi connectivity index (χ0v) is 21.3. The molecule has 10 nitrogen and oxygen atoms in total. The van der Waals surface area contributed by atoms with Gasteiger partial charge in [0.2, 0.25) is 16.0 Å². The fraction of sp³-hybridized carbons (Fsp3) is 0.320. The summed E-state index contributed by atoms with van der Waals surface area (Å²) in [6, 6.07) is 7.09. The molecule has 4 aliphatic rings. The highest BCUT2D eigenvalue weighted by Crippen LogP contribution is 2.36. The van der Waals surface area contributed by atoms with Crippen LogP contribution in [0.4, 0.5) is 17.5 Å². The van der Waals surface area contributed by atoms with Gasteiger partial charge in [0.05, 0.1) is 17.5 Å². The number of fused-ring (bicyclic) bond motifs is 2. The van der Waals surface area contributed by atoms with Gasteiger partial charge >= 0.3 is 0 Å². The molecule has 0 spiro atoms. The van der Waals surface area contributed by atoms with Crippen LogP contribution in [0.25, 0.3) is 0 Å². The molecule has 12 heteroatoms. The standard InChI is InChI=1S/C25H25ClN6O4S/c26-20-12-27-25(30-17-6-3-15-9-21-23(19(15)10-17)31-22(33)13-36-21)32-24(20)29-16-4-1-14(2-5-16)11-28-37(34,35)18-7-8-18/h1-6,9,12,17-18,23,28H,7-8,10-11,13H2,(H,31,33)(H2,27,29,30,32)/t17?,23-/m1/s1. The van der Waals surface area contributed by atoms with Gasteiger partial charge in [0, 0.05) is 12.2 Å². The average molecular weight is 541 g/mol. The predicted molar refractivity (Wildman–Crippen MR) is 140 cm³/mol. The number of benzene rings is 1. The number of carbonyl (C=O) groups excluding carboxylic acids is 1. The summed E-state index contributed by atoms with van der Waals surface area (Å²) in [5, 5.41) is 9.63. The van der Waals surface area contributed by atoms with Gasteiger partial charge in [-0.2, -0.15) is 4.98 Å². The summed E-state index contributed by atoms with van der Waals surface area (Å²) in [6.07, 6.45) is 9.69. The molecule has 2 fully saturated rings. The molecule has 4 N–H and O–H groups in total. The highest BCUT2D eigenvalue weighted by atomic mass is 35.5. The molecule has 2 atom stereocenters. The molecule has 0 bridgehead atoms. The Hall–Kier alpha value is -3.41. The van der Waals surface area contributed by atoms with Gasteiger partial charge in [0.25, 0.3) is 5.91 Å². The van der Waals surface area contributed by atoms with E-state index in [0.717, 1.165) is 41.0 Å². The summed E-state index contributed by atoms with van der Waals surface area (Å²) in [6.45, 7) is 0.298. The summed E-state index contributed by atoms with van der Waals surface area (Å²) < 4.78 is 32.3. The fourth-order valence-electron chi connectivity index (χ4n) is 4.53. The second-order valence-electron chi connectivity index (χ2n) is 9.41. The number of nitrogens with zero attached hydrogens (tertiary/aromatic N) is 2. The third kappa shape index (κ3) is 5.20. The quantitative estimate of drug-likeness (QED) is 0.401. The number of amides is 1. The minimum atomic E-state index is -3.22. The van der Waals surface area contributed by atoms with Crippen molar-refractivity contribution in [3.05, 3.63) is 76.2 Å². The van der Waals surface area contributed by atoms with Gasteiger partial charge in [-0.3, -0.25) is 4.79 Å². The van der Waals surface area contributed by atoms with Crippen LogP contribution in [0, 0.1) is 0 Å². The molecular formula is C25H25ClN6O4S. The van der Waals surface area contributed by atoms with Gasteiger partial charge < -0.3 is 20.7 Å². The number of rotatable bonds is 8. The van der Waals surface area contributed by atoms with Crippen molar-refractivity contribution < 1.29 is 17.9 Å². The van der Waals surface area contributed by atoms with Crippen molar-refractivity contribution in [3.63, 3.8) is 0 Å². The first-order chi connectivity index (χ1) is 17.8. The molecule has 3 aliphatic carbocycles. The number of hydrogen-bond donors (Lipinski definition) is 4. The van der Waals surface area contributed by atoms with Gasteiger partial charge in [0.15, 0.2) is 12.4 Å². The molecule has 192 valence electrons. The van der Waals surface area contributed by atoms with Crippen molar-refractivity contribution in [1.82, 2.24) is 20.0 Å². The Balaban J connectivity index is 1.08. The SMILES string of the molecule is O=C1COC2=CC3=C(CC(Nc4ncc(Cl)c(Nc5ccc(CNS(=O)(=O)C6CC6)cc5)n4)C=C3)[C@H]2N1. The van der Waals surface area contributed by atoms with E-state index in [4.69, 9.17) is 16.3 Å². The lowest BCUT2D eigenvalue weighted by molar-refractivity contribution is -0.127. The van der Waals surface area contributed by atoms with Gasteiger partial charge in [-0.1, -0.05) is 35.9 Å². The van der Waals surface area contributed by atoms with E-state index < -0.39 is 10.0 Å². The van der Waals surface area contributed by atoms with Crippen LogP contribution in [0.3, 0.4) is 0 Å². The number of anilines is 3. The molecule has 1 aromatic heterocycles. The number of ether oxygens (including phenoxy) is 1.